The molecule has 2 rings (SSSR count). The minimum Gasteiger partial charge on any atom is -0.223 e. The average Bonchev–Trinajstić information content (AvgIpc) is 2.84. The highest BCUT2D eigenvalue weighted by Gasteiger charge is 2.37. The first-order chi connectivity index (χ1) is 6.51. The molecule has 0 amide bonds. The van der Waals surface area contributed by atoms with Crippen molar-refractivity contribution in [3.05, 3.63) is 27.7 Å². The van der Waals surface area contributed by atoms with Crippen molar-refractivity contribution in [2.75, 3.05) is 0 Å². The third-order valence-electron chi connectivity index (χ3n) is 2.16. The molecular formula is C9H8BrClO2S. The Hall–Kier alpha value is -0.0600. The van der Waals surface area contributed by atoms with Crippen molar-refractivity contribution in [3.8, 4) is 0 Å². The summed E-state index contributed by atoms with van der Waals surface area (Å²) in [5.74, 6) is 0. The van der Waals surface area contributed by atoms with Crippen LogP contribution in [0.25, 0.3) is 0 Å². The van der Waals surface area contributed by atoms with E-state index in [0.717, 1.165) is 17.3 Å². The Morgan fingerprint density at radius 2 is 2.00 bits per heavy atom. The lowest BCUT2D eigenvalue weighted by molar-refractivity contribution is 0.595. The number of rotatable bonds is 2. The lowest BCUT2D eigenvalue weighted by atomic mass is 10.4. The van der Waals surface area contributed by atoms with Gasteiger partial charge in [0.2, 0.25) is 0 Å². The summed E-state index contributed by atoms with van der Waals surface area (Å²) in [7, 11) is -3.17. The van der Waals surface area contributed by atoms with Gasteiger partial charge in [0.05, 0.1) is 15.2 Å². The molecule has 14 heavy (non-hydrogen) atoms. The van der Waals surface area contributed by atoms with Crippen LogP contribution in [0.5, 0.6) is 0 Å². The monoisotopic (exact) mass is 294 g/mol. The summed E-state index contributed by atoms with van der Waals surface area (Å²) in [6.07, 6.45) is 1.52. The fraction of sp³-hybridized carbons (Fsp3) is 0.333. The number of sulfone groups is 1. The molecule has 0 heterocycles. The van der Waals surface area contributed by atoms with E-state index in [-0.39, 0.29) is 10.1 Å². The molecule has 1 aromatic carbocycles. The van der Waals surface area contributed by atoms with Gasteiger partial charge in [-0.1, -0.05) is 27.5 Å². The molecular weight excluding hydrogens is 288 g/mol. The molecule has 76 valence electrons. The third kappa shape index (κ3) is 1.83. The van der Waals surface area contributed by atoms with Gasteiger partial charge in [0.1, 0.15) is 0 Å². The van der Waals surface area contributed by atoms with Crippen LogP contribution in [-0.2, 0) is 9.84 Å². The first kappa shape index (κ1) is 10.5. The molecule has 0 unspecified atom stereocenters. The minimum atomic E-state index is -3.17. The van der Waals surface area contributed by atoms with E-state index >= 15 is 0 Å². The van der Waals surface area contributed by atoms with Gasteiger partial charge in [-0.15, -0.1) is 0 Å². The molecule has 1 aliphatic rings. The van der Waals surface area contributed by atoms with Gasteiger partial charge in [-0.25, -0.2) is 8.42 Å². The standard InChI is InChI=1S/C9H8BrClO2S/c10-6-1-4-9(8(11)5-6)14(12,13)7-2-3-7/h1,4-5,7H,2-3H2. The molecule has 0 spiro atoms. The highest BCUT2D eigenvalue weighted by molar-refractivity contribution is 9.10. The van der Waals surface area contributed by atoms with E-state index in [9.17, 15) is 8.42 Å². The molecule has 0 N–H and O–H groups in total. The molecule has 5 heteroatoms. The molecule has 2 nitrogen and oxygen atoms in total. The maximum Gasteiger partial charge on any atom is 0.182 e. The van der Waals surface area contributed by atoms with Crippen LogP contribution in [0.2, 0.25) is 5.02 Å². The third-order valence-corrected chi connectivity index (χ3v) is 5.40. The van der Waals surface area contributed by atoms with Gasteiger partial charge in [-0.05, 0) is 31.0 Å². The predicted molar refractivity (Wildman–Crippen MR) is 59.4 cm³/mol. The molecule has 1 saturated carbocycles. The van der Waals surface area contributed by atoms with Gasteiger partial charge in [0.15, 0.2) is 9.84 Å². The van der Waals surface area contributed by atoms with Crippen LogP contribution in [0, 0.1) is 0 Å². The van der Waals surface area contributed by atoms with E-state index in [1.165, 1.54) is 0 Å². The Balaban J connectivity index is 2.51. The Morgan fingerprint density at radius 3 is 2.50 bits per heavy atom. The average molecular weight is 296 g/mol. The first-order valence-corrected chi connectivity index (χ1v) is 6.92. The summed E-state index contributed by atoms with van der Waals surface area (Å²) in [5.41, 5.74) is 0. The second kappa shape index (κ2) is 3.51. The molecule has 1 aliphatic carbocycles. The number of halogens is 2. The summed E-state index contributed by atoms with van der Waals surface area (Å²) >= 11 is 9.11. The van der Waals surface area contributed by atoms with Crippen LogP contribution in [0.4, 0.5) is 0 Å². The van der Waals surface area contributed by atoms with Crippen molar-refractivity contribution in [1.29, 1.82) is 0 Å². The first-order valence-electron chi connectivity index (χ1n) is 4.21. The summed E-state index contributed by atoms with van der Waals surface area (Å²) < 4.78 is 24.4. The zero-order chi connectivity index (χ0) is 10.3. The highest BCUT2D eigenvalue weighted by Crippen LogP contribution is 2.37. The van der Waals surface area contributed by atoms with Crippen LogP contribution in [0.15, 0.2) is 27.6 Å². The Kier molecular flexibility index (Phi) is 2.62. The Bertz CT molecular complexity index is 466. The quantitative estimate of drug-likeness (QED) is 0.840. The van der Waals surface area contributed by atoms with Gasteiger partial charge in [0, 0.05) is 4.47 Å². The van der Waals surface area contributed by atoms with E-state index in [4.69, 9.17) is 11.6 Å². The second-order valence-corrected chi connectivity index (χ2v) is 6.84. The van der Waals surface area contributed by atoms with Crippen LogP contribution in [0.3, 0.4) is 0 Å². The number of hydrogen-bond donors (Lipinski definition) is 0. The van der Waals surface area contributed by atoms with Crippen LogP contribution in [0.1, 0.15) is 12.8 Å². The normalized spacial score (nSPS) is 17.0. The molecule has 1 aromatic rings. The van der Waals surface area contributed by atoms with Crippen molar-refractivity contribution >= 4 is 37.4 Å². The van der Waals surface area contributed by atoms with Crippen molar-refractivity contribution in [2.45, 2.75) is 23.0 Å². The van der Waals surface area contributed by atoms with Crippen LogP contribution >= 0.6 is 27.5 Å². The topological polar surface area (TPSA) is 34.1 Å². The van der Waals surface area contributed by atoms with Crippen LogP contribution < -0.4 is 0 Å². The van der Waals surface area contributed by atoms with Gasteiger partial charge < -0.3 is 0 Å². The van der Waals surface area contributed by atoms with Gasteiger partial charge in [-0.2, -0.15) is 0 Å². The summed E-state index contributed by atoms with van der Waals surface area (Å²) in [4.78, 5) is 0.255. The molecule has 0 saturated heterocycles. The molecule has 0 aliphatic heterocycles. The van der Waals surface area contributed by atoms with Crippen LogP contribution in [-0.4, -0.2) is 13.7 Å². The zero-order valence-corrected chi connectivity index (χ0v) is 10.4. The van der Waals surface area contributed by atoms with E-state index < -0.39 is 9.84 Å². The van der Waals surface area contributed by atoms with Crippen molar-refractivity contribution < 1.29 is 8.42 Å². The van der Waals surface area contributed by atoms with Gasteiger partial charge in [-0.3, -0.25) is 0 Å². The molecule has 1 fully saturated rings. The van der Waals surface area contributed by atoms with E-state index in [1.807, 2.05) is 0 Å². The summed E-state index contributed by atoms with van der Waals surface area (Å²) in [6, 6.07) is 4.86. The summed E-state index contributed by atoms with van der Waals surface area (Å²) in [5, 5.41) is 0.0902. The minimum absolute atomic E-state index is 0.207. The fourth-order valence-electron chi connectivity index (χ4n) is 1.26. The van der Waals surface area contributed by atoms with Gasteiger partial charge in [0.25, 0.3) is 0 Å². The van der Waals surface area contributed by atoms with E-state index in [0.29, 0.717) is 5.02 Å². The molecule has 0 radical (unpaired) electrons. The number of hydrogen-bond acceptors (Lipinski definition) is 2. The molecule has 0 atom stereocenters. The Morgan fingerprint density at radius 1 is 1.36 bits per heavy atom. The van der Waals surface area contributed by atoms with Crippen molar-refractivity contribution in [3.63, 3.8) is 0 Å². The summed E-state index contributed by atoms with van der Waals surface area (Å²) in [6.45, 7) is 0. The SMILES string of the molecule is O=S(=O)(c1ccc(Br)cc1Cl)C1CC1. The zero-order valence-electron chi connectivity index (χ0n) is 7.20. The largest absolute Gasteiger partial charge is 0.223 e. The maximum absolute atomic E-state index is 11.8. The van der Waals surface area contributed by atoms with E-state index in [2.05, 4.69) is 15.9 Å². The second-order valence-electron chi connectivity index (χ2n) is 3.32. The smallest absolute Gasteiger partial charge is 0.182 e. The van der Waals surface area contributed by atoms with Crippen molar-refractivity contribution in [1.82, 2.24) is 0 Å². The van der Waals surface area contributed by atoms with Gasteiger partial charge >= 0.3 is 0 Å². The lowest BCUT2D eigenvalue weighted by Crippen LogP contribution is -2.07. The predicted octanol–water partition coefficient (Wildman–Crippen LogP) is 3.04. The molecule has 0 bridgehead atoms. The number of benzene rings is 1. The lowest BCUT2D eigenvalue weighted by Gasteiger charge is -2.04. The van der Waals surface area contributed by atoms with E-state index in [1.54, 1.807) is 18.2 Å². The maximum atomic E-state index is 11.8. The fourth-order valence-corrected chi connectivity index (χ4v) is 3.96. The molecule has 0 aromatic heterocycles. The van der Waals surface area contributed by atoms with Crippen molar-refractivity contribution in [2.24, 2.45) is 0 Å². The highest BCUT2D eigenvalue weighted by atomic mass is 79.9. The Labute approximate surface area is 96.3 Å².